The van der Waals surface area contributed by atoms with Crippen molar-refractivity contribution in [3.8, 4) is 0 Å². The summed E-state index contributed by atoms with van der Waals surface area (Å²) in [6, 6.07) is 7.92. The zero-order valence-corrected chi connectivity index (χ0v) is 19.1. The van der Waals surface area contributed by atoms with Gasteiger partial charge in [0, 0.05) is 31.7 Å². The Morgan fingerprint density at radius 2 is 1.93 bits per heavy atom. The zero-order valence-electron chi connectivity index (χ0n) is 18.3. The van der Waals surface area contributed by atoms with Crippen LogP contribution in [0.15, 0.2) is 29.3 Å². The van der Waals surface area contributed by atoms with Crippen molar-refractivity contribution in [3.05, 3.63) is 35.4 Å². The molecule has 3 N–H and O–H groups in total. The summed E-state index contributed by atoms with van der Waals surface area (Å²) in [5.74, 6) is 0.727. The van der Waals surface area contributed by atoms with Crippen LogP contribution in [0.3, 0.4) is 0 Å². The Morgan fingerprint density at radius 3 is 2.52 bits per heavy atom. The van der Waals surface area contributed by atoms with Crippen LogP contribution in [0, 0.1) is 5.41 Å². The van der Waals surface area contributed by atoms with Crippen LogP contribution in [0.1, 0.15) is 51.2 Å². The molecule has 1 saturated carbocycles. The Bertz CT molecular complexity index is 791. The first-order chi connectivity index (χ1) is 13.8. The summed E-state index contributed by atoms with van der Waals surface area (Å²) >= 11 is 0. The molecule has 1 aliphatic rings. The maximum absolute atomic E-state index is 11.8. The van der Waals surface area contributed by atoms with E-state index in [1.54, 1.807) is 7.05 Å². The highest BCUT2D eigenvalue weighted by molar-refractivity contribution is 7.88. The van der Waals surface area contributed by atoms with Gasteiger partial charge >= 0.3 is 0 Å². The van der Waals surface area contributed by atoms with E-state index in [0.717, 1.165) is 43.0 Å². The fourth-order valence-electron chi connectivity index (χ4n) is 4.25. The number of nitrogens with zero attached hydrogens (tertiary/aromatic N) is 1. The molecule has 1 aliphatic carbocycles. The Labute approximate surface area is 175 Å². The average molecular weight is 425 g/mol. The normalized spacial score (nSPS) is 21.5. The summed E-state index contributed by atoms with van der Waals surface area (Å²) < 4.78 is 31.9. The highest BCUT2D eigenvalue weighted by atomic mass is 32.2. The molecule has 0 spiro atoms. The largest absolute Gasteiger partial charge is 0.378 e. The van der Waals surface area contributed by atoms with Crippen LogP contribution in [0.2, 0.25) is 0 Å². The van der Waals surface area contributed by atoms with E-state index in [1.807, 2.05) is 31.2 Å². The van der Waals surface area contributed by atoms with Gasteiger partial charge in [-0.25, -0.2) is 13.1 Å². The first kappa shape index (κ1) is 23.6. The van der Waals surface area contributed by atoms with E-state index in [4.69, 9.17) is 4.74 Å². The van der Waals surface area contributed by atoms with E-state index in [0.29, 0.717) is 18.7 Å². The Morgan fingerprint density at radius 1 is 1.24 bits per heavy atom. The minimum atomic E-state index is -3.28. The molecule has 29 heavy (non-hydrogen) atoms. The van der Waals surface area contributed by atoms with Gasteiger partial charge in [-0.15, -0.1) is 0 Å². The van der Waals surface area contributed by atoms with Gasteiger partial charge < -0.3 is 15.4 Å². The molecule has 0 amide bonds. The molecule has 8 heteroatoms. The number of nitrogens with one attached hydrogen (secondary N) is 3. The summed E-state index contributed by atoms with van der Waals surface area (Å²) in [5, 5.41) is 6.92. The summed E-state index contributed by atoms with van der Waals surface area (Å²) in [6.45, 7) is 7.81. The van der Waals surface area contributed by atoms with Crippen molar-refractivity contribution in [3.63, 3.8) is 0 Å². The van der Waals surface area contributed by atoms with Crippen molar-refractivity contribution in [1.29, 1.82) is 0 Å². The van der Waals surface area contributed by atoms with E-state index in [-0.39, 0.29) is 11.2 Å². The minimum Gasteiger partial charge on any atom is -0.378 e. The average Bonchev–Trinajstić information content (AvgIpc) is 2.70. The van der Waals surface area contributed by atoms with Crippen LogP contribution in [-0.4, -0.2) is 47.2 Å². The molecule has 164 valence electrons. The molecular weight excluding hydrogens is 388 g/mol. The zero-order chi connectivity index (χ0) is 21.5. The third-order valence-electron chi connectivity index (χ3n) is 6.12. The number of rotatable bonds is 10. The second-order valence-electron chi connectivity index (χ2n) is 7.53. The summed E-state index contributed by atoms with van der Waals surface area (Å²) in [4.78, 5) is 4.37. The molecule has 0 bridgehead atoms. The molecule has 2 unspecified atom stereocenters. The van der Waals surface area contributed by atoms with Crippen LogP contribution < -0.4 is 15.4 Å². The molecule has 1 aromatic rings. The Balaban J connectivity index is 1.98. The maximum Gasteiger partial charge on any atom is 0.215 e. The lowest BCUT2D eigenvalue weighted by molar-refractivity contribution is -0.133. The Kier molecular flexibility index (Phi) is 8.48. The molecule has 0 saturated heterocycles. The number of sulfonamides is 1. The van der Waals surface area contributed by atoms with Crippen LogP contribution in [0.5, 0.6) is 0 Å². The van der Waals surface area contributed by atoms with Gasteiger partial charge in [0.25, 0.3) is 0 Å². The van der Waals surface area contributed by atoms with Crippen LogP contribution in [-0.2, 0) is 27.1 Å². The lowest BCUT2D eigenvalue weighted by Gasteiger charge is -2.55. The smallest absolute Gasteiger partial charge is 0.215 e. The molecule has 0 radical (unpaired) electrons. The third-order valence-corrected chi connectivity index (χ3v) is 7.46. The van der Waals surface area contributed by atoms with Gasteiger partial charge in [-0.1, -0.05) is 38.1 Å². The monoisotopic (exact) mass is 424 g/mol. The van der Waals surface area contributed by atoms with Gasteiger partial charge in [-0.3, -0.25) is 4.99 Å². The van der Waals surface area contributed by atoms with Crippen LogP contribution in [0.4, 0.5) is 0 Å². The molecule has 0 heterocycles. The van der Waals surface area contributed by atoms with Crippen molar-refractivity contribution >= 4 is 16.0 Å². The van der Waals surface area contributed by atoms with Crippen molar-refractivity contribution in [1.82, 2.24) is 15.4 Å². The number of benzene rings is 1. The first-order valence-corrected chi connectivity index (χ1v) is 12.1. The lowest BCUT2D eigenvalue weighted by Crippen LogP contribution is -2.65. The molecule has 2 rings (SSSR count). The lowest BCUT2D eigenvalue weighted by atomic mass is 9.58. The van der Waals surface area contributed by atoms with E-state index in [9.17, 15) is 8.42 Å². The van der Waals surface area contributed by atoms with E-state index < -0.39 is 10.0 Å². The van der Waals surface area contributed by atoms with E-state index >= 15 is 0 Å². The molecule has 1 fully saturated rings. The number of ether oxygens (including phenoxy) is 1. The quantitative estimate of drug-likeness (QED) is 0.396. The second-order valence-corrected chi connectivity index (χ2v) is 9.45. The topological polar surface area (TPSA) is 91.8 Å². The number of guanidine groups is 1. The van der Waals surface area contributed by atoms with E-state index in [2.05, 4.69) is 34.2 Å². The molecule has 0 aliphatic heterocycles. The van der Waals surface area contributed by atoms with Crippen molar-refractivity contribution in [2.75, 3.05) is 20.7 Å². The van der Waals surface area contributed by atoms with Crippen molar-refractivity contribution in [2.45, 2.75) is 64.5 Å². The van der Waals surface area contributed by atoms with E-state index in [1.165, 1.54) is 7.05 Å². The maximum atomic E-state index is 11.8. The van der Waals surface area contributed by atoms with Crippen LogP contribution in [0.25, 0.3) is 0 Å². The predicted molar refractivity (Wildman–Crippen MR) is 118 cm³/mol. The highest BCUT2D eigenvalue weighted by Gasteiger charge is 2.53. The number of aliphatic imine (C=N–C) groups is 1. The second kappa shape index (κ2) is 10.4. The molecule has 2 atom stereocenters. The minimum absolute atomic E-state index is 0.0271. The van der Waals surface area contributed by atoms with Gasteiger partial charge in [0.05, 0.1) is 11.9 Å². The van der Waals surface area contributed by atoms with Gasteiger partial charge in [0.2, 0.25) is 10.0 Å². The molecule has 7 nitrogen and oxygen atoms in total. The summed E-state index contributed by atoms with van der Waals surface area (Å²) in [7, 11) is -0.0867. The summed E-state index contributed by atoms with van der Waals surface area (Å²) in [5.41, 5.74) is 1.90. The van der Waals surface area contributed by atoms with Gasteiger partial charge in [0.15, 0.2) is 5.96 Å². The first-order valence-electron chi connectivity index (χ1n) is 10.4. The van der Waals surface area contributed by atoms with Crippen LogP contribution >= 0.6 is 0 Å². The number of hydrogen-bond acceptors (Lipinski definition) is 4. The number of hydrogen-bond donors (Lipinski definition) is 3. The van der Waals surface area contributed by atoms with Gasteiger partial charge in [-0.2, -0.15) is 0 Å². The third kappa shape index (κ3) is 5.71. The van der Waals surface area contributed by atoms with Gasteiger partial charge in [-0.05, 0) is 44.4 Å². The molecule has 0 aromatic heterocycles. The SMILES string of the molecule is CCOC1CC(NC(=NC)NCc2cccc(CS(=O)(=O)NC)c2)C1(CC)CC. The van der Waals surface area contributed by atoms with Crippen molar-refractivity contribution < 1.29 is 13.2 Å². The standard InChI is InChI=1S/C21H36N4O3S/c1-6-21(7-2)18(13-19(21)28-8-3)25-20(22-4)24-14-16-10-9-11-17(12-16)15-29(26,27)23-5/h9-12,18-19,23H,6-8,13-15H2,1-5H3,(H2,22,24,25). The molecular formula is C21H36N4O3S. The van der Waals surface area contributed by atoms with Gasteiger partial charge in [0.1, 0.15) is 0 Å². The molecule has 1 aromatic carbocycles. The predicted octanol–water partition coefficient (Wildman–Crippen LogP) is 2.38. The highest BCUT2D eigenvalue weighted by Crippen LogP contribution is 2.48. The fourth-order valence-corrected chi connectivity index (χ4v) is 5.01. The fraction of sp³-hybridized carbons (Fsp3) is 0.667. The summed E-state index contributed by atoms with van der Waals surface area (Å²) in [6.07, 6.45) is 3.40. The van der Waals surface area contributed by atoms with Crippen molar-refractivity contribution in [2.24, 2.45) is 10.4 Å². The Hall–Kier alpha value is -1.64.